The highest BCUT2D eigenvalue weighted by Crippen LogP contribution is 2.28. The van der Waals surface area contributed by atoms with Gasteiger partial charge in [-0.2, -0.15) is 0 Å². The van der Waals surface area contributed by atoms with Gasteiger partial charge in [0.15, 0.2) is 17.3 Å². The second-order valence-electron chi connectivity index (χ2n) is 10.1. The van der Waals surface area contributed by atoms with Gasteiger partial charge in [0.2, 0.25) is 0 Å². The van der Waals surface area contributed by atoms with E-state index >= 15 is 0 Å². The lowest BCUT2D eigenvalue weighted by molar-refractivity contribution is 0.206. The smallest absolute Gasteiger partial charge is 0.276 e. The maximum Gasteiger partial charge on any atom is 0.276 e. The van der Waals surface area contributed by atoms with Crippen molar-refractivity contribution >= 4 is 22.4 Å². The maximum absolute atomic E-state index is 14.6. The minimum absolute atomic E-state index is 0.0647. The average Bonchev–Trinajstić information content (AvgIpc) is 3.14. The lowest BCUT2D eigenvalue weighted by atomic mass is 9.87. The Morgan fingerprint density at radius 2 is 1.97 bits per heavy atom. The summed E-state index contributed by atoms with van der Waals surface area (Å²) in [5.74, 6) is 1.11. The summed E-state index contributed by atoms with van der Waals surface area (Å²) in [6, 6.07) is 10.6. The number of halogens is 1. The van der Waals surface area contributed by atoms with E-state index < -0.39 is 5.67 Å². The molecule has 1 aliphatic carbocycles. The molecule has 8 nitrogen and oxygen atoms in total. The summed E-state index contributed by atoms with van der Waals surface area (Å²) in [4.78, 5) is 28.4. The van der Waals surface area contributed by atoms with E-state index in [4.69, 9.17) is 0 Å². The summed E-state index contributed by atoms with van der Waals surface area (Å²) in [5.41, 5.74) is 2.47. The van der Waals surface area contributed by atoms with Gasteiger partial charge in [-0.25, -0.2) is 28.7 Å². The molecule has 5 rings (SSSR count). The third kappa shape index (κ3) is 4.39. The number of fused-ring (bicyclic) bond motifs is 2. The second-order valence-corrected chi connectivity index (χ2v) is 10.1. The molecule has 1 atom stereocenters. The first kappa shape index (κ1) is 24.1. The first-order valence-electron chi connectivity index (χ1n) is 12.4. The fourth-order valence-electron chi connectivity index (χ4n) is 4.90. The molecule has 0 spiro atoms. The molecule has 9 heteroatoms. The van der Waals surface area contributed by atoms with Gasteiger partial charge in [0.05, 0.1) is 10.9 Å². The Balaban J connectivity index is 1.53. The maximum atomic E-state index is 14.6. The number of hydrogen-bond acceptors (Lipinski definition) is 6. The predicted molar refractivity (Wildman–Crippen MR) is 140 cm³/mol. The number of aromatic nitrogens is 5. The van der Waals surface area contributed by atoms with E-state index in [9.17, 15) is 9.18 Å². The molecule has 3 aromatic heterocycles. The zero-order chi connectivity index (χ0) is 25.6. The van der Waals surface area contributed by atoms with E-state index in [-0.39, 0.29) is 11.4 Å². The molecular weight excluding hydrogens is 457 g/mol. The highest BCUT2D eigenvalue weighted by Gasteiger charge is 2.24. The van der Waals surface area contributed by atoms with Gasteiger partial charge in [-0.3, -0.25) is 4.79 Å². The number of alkyl halides is 1. The lowest BCUT2D eigenvalue weighted by Gasteiger charge is -2.30. The van der Waals surface area contributed by atoms with Gasteiger partial charge in [0.25, 0.3) is 5.56 Å². The van der Waals surface area contributed by atoms with Crippen LogP contribution in [0.25, 0.3) is 16.7 Å². The van der Waals surface area contributed by atoms with Gasteiger partial charge in [0.1, 0.15) is 5.82 Å². The van der Waals surface area contributed by atoms with E-state index in [2.05, 4.69) is 57.5 Å². The van der Waals surface area contributed by atoms with Crippen molar-refractivity contribution in [3.8, 4) is 5.82 Å². The quantitative estimate of drug-likeness (QED) is 0.433. The zero-order valence-corrected chi connectivity index (χ0v) is 21.4. The molecule has 188 valence electrons. The van der Waals surface area contributed by atoms with E-state index in [1.807, 2.05) is 13.0 Å². The summed E-state index contributed by atoms with van der Waals surface area (Å²) in [5, 5.41) is 3.88. The normalized spacial score (nSPS) is 15.9. The molecule has 36 heavy (non-hydrogen) atoms. The minimum Gasteiger partial charge on any atom is -0.340 e. The van der Waals surface area contributed by atoms with E-state index in [1.165, 1.54) is 31.2 Å². The molecule has 1 N–H and O–H groups in total. The molecular formula is C27H32FN7O. The highest BCUT2D eigenvalue weighted by molar-refractivity contribution is 5.82. The topological polar surface area (TPSA) is 80.9 Å². The van der Waals surface area contributed by atoms with Crippen LogP contribution in [0.15, 0.2) is 47.5 Å². The van der Waals surface area contributed by atoms with E-state index in [1.54, 1.807) is 21.6 Å². The summed E-state index contributed by atoms with van der Waals surface area (Å²) in [7, 11) is 4.28. The number of anilines is 2. The number of nitrogens with one attached hydrogen (secondary N) is 1. The first-order valence-corrected chi connectivity index (χ1v) is 12.4. The molecule has 0 fully saturated rings. The fraction of sp³-hybridized carbons (Fsp3) is 0.407. The monoisotopic (exact) mass is 489 g/mol. The number of aryl methyl sites for hydroxylation is 1. The van der Waals surface area contributed by atoms with Crippen LogP contribution in [0.1, 0.15) is 44.1 Å². The summed E-state index contributed by atoms with van der Waals surface area (Å²) in [6.45, 7) is 5.14. The van der Waals surface area contributed by atoms with Crippen molar-refractivity contribution in [2.45, 2.75) is 58.3 Å². The Labute approximate surface area is 209 Å². The average molecular weight is 490 g/mol. The van der Waals surface area contributed by atoms with Crippen LogP contribution >= 0.6 is 0 Å². The van der Waals surface area contributed by atoms with Crippen LogP contribution in [-0.2, 0) is 25.1 Å². The molecule has 1 unspecified atom stereocenters. The highest BCUT2D eigenvalue weighted by atomic mass is 19.1. The number of pyridine rings is 1. The number of rotatable bonds is 6. The summed E-state index contributed by atoms with van der Waals surface area (Å²) >= 11 is 0. The van der Waals surface area contributed by atoms with E-state index in [0.29, 0.717) is 35.1 Å². The Bertz CT molecular complexity index is 1480. The standard InChI is InChI=1S/C27H32FN7O/c1-6-34-25(36)21-16-30-23(15-22(21)35(34)24-11-12-29-26(32-24)27(2,3)28)31-19-9-7-18-14-20(33(4)5)10-8-17(18)13-19/h7,9,11-13,15-16,20H,6,8,10,14H2,1-5H3,(H,30,31). The van der Waals surface area contributed by atoms with Crippen LogP contribution in [-0.4, -0.2) is 49.4 Å². The molecule has 0 aliphatic heterocycles. The van der Waals surface area contributed by atoms with Gasteiger partial charge < -0.3 is 10.2 Å². The molecule has 0 radical (unpaired) electrons. The van der Waals surface area contributed by atoms with Gasteiger partial charge in [-0.05, 0) is 77.4 Å². The molecule has 0 saturated carbocycles. The van der Waals surface area contributed by atoms with Gasteiger partial charge in [0, 0.05) is 42.8 Å². The molecule has 0 bridgehead atoms. The van der Waals surface area contributed by atoms with Crippen molar-refractivity contribution < 1.29 is 4.39 Å². The third-order valence-electron chi connectivity index (χ3n) is 6.92. The number of benzene rings is 1. The van der Waals surface area contributed by atoms with E-state index in [0.717, 1.165) is 24.9 Å². The van der Waals surface area contributed by atoms with Crippen molar-refractivity contribution in [2.75, 3.05) is 19.4 Å². The van der Waals surface area contributed by atoms with Crippen LogP contribution in [0, 0.1) is 0 Å². The van der Waals surface area contributed by atoms with Crippen LogP contribution < -0.4 is 10.9 Å². The molecule has 3 heterocycles. The van der Waals surface area contributed by atoms with Crippen molar-refractivity contribution in [1.82, 2.24) is 29.2 Å². The van der Waals surface area contributed by atoms with Gasteiger partial charge in [-0.15, -0.1) is 0 Å². The molecule has 1 aliphatic rings. The Hall–Kier alpha value is -3.59. The minimum atomic E-state index is -1.70. The third-order valence-corrected chi connectivity index (χ3v) is 6.92. The molecule has 0 amide bonds. The first-order chi connectivity index (χ1) is 17.2. The number of hydrogen-bond donors (Lipinski definition) is 1. The van der Waals surface area contributed by atoms with Crippen molar-refractivity contribution in [1.29, 1.82) is 0 Å². The molecule has 0 saturated heterocycles. The summed E-state index contributed by atoms with van der Waals surface area (Å²) in [6.07, 6.45) is 6.34. The number of nitrogens with zero attached hydrogens (tertiary/aromatic N) is 6. The van der Waals surface area contributed by atoms with Gasteiger partial charge in [-0.1, -0.05) is 6.07 Å². The Kier molecular flexibility index (Phi) is 6.12. The largest absolute Gasteiger partial charge is 0.340 e. The van der Waals surface area contributed by atoms with Crippen molar-refractivity contribution in [2.24, 2.45) is 0 Å². The zero-order valence-electron chi connectivity index (χ0n) is 21.4. The Morgan fingerprint density at radius 3 is 2.69 bits per heavy atom. The lowest BCUT2D eigenvalue weighted by Crippen LogP contribution is -2.33. The summed E-state index contributed by atoms with van der Waals surface area (Å²) < 4.78 is 17.9. The SMILES string of the molecule is CCn1c(=O)c2cnc(Nc3ccc4c(c3)CCC(N(C)C)C4)cc2n1-c1ccnc(C(C)(C)F)n1. The van der Waals surface area contributed by atoms with Crippen LogP contribution in [0.5, 0.6) is 0 Å². The van der Waals surface area contributed by atoms with Crippen molar-refractivity contribution in [3.63, 3.8) is 0 Å². The fourth-order valence-corrected chi connectivity index (χ4v) is 4.90. The number of likely N-dealkylation sites (N-methyl/N-ethyl adjacent to an activating group) is 1. The molecule has 4 aromatic rings. The van der Waals surface area contributed by atoms with Gasteiger partial charge >= 0.3 is 0 Å². The Morgan fingerprint density at radius 1 is 1.17 bits per heavy atom. The van der Waals surface area contributed by atoms with Crippen molar-refractivity contribution in [3.05, 3.63) is 70.0 Å². The predicted octanol–water partition coefficient (Wildman–Crippen LogP) is 4.36. The van der Waals surface area contributed by atoms with Crippen LogP contribution in [0.3, 0.4) is 0 Å². The van der Waals surface area contributed by atoms with Crippen LogP contribution in [0.2, 0.25) is 0 Å². The molecule has 1 aromatic carbocycles. The van der Waals surface area contributed by atoms with Crippen LogP contribution in [0.4, 0.5) is 15.9 Å². The second kappa shape index (κ2) is 9.13.